The summed E-state index contributed by atoms with van der Waals surface area (Å²) >= 11 is 0. The van der Waals surface area contributed by atoms with Gasteiger partial charge in [0.15, 0.2) is 0 Å². The van der Waals surface area contributed by atoms with Gasteiger partial charge in [-0.2, -0.15) is 0 Å². The fourth-order valence-electron chi connectivity index (χ4n) is 5.36. The fourth-order valence-corrected chi connectivity index (χ4v) is 6.21. The zero-order chi connectivity index (χ0) is 30.1. The number of nitrogens with zero attached hydrogens (tertiary/aromatic N) is 2. The van der Waals surface area contributed by atoms with Crippen molar-refractivity contribution in [3.63, 3.8) is 0 Å². The number of hydrogen-bond donors (Lipinski definition) is 1. The number of nitrogens with one attached hydrogen (secondary N) is 1. The Hall–Kier alpha value is -3.85. The lowest BCUT2D eigenvalue weighted by atomic mass is 10.1. The summed E-state index contributed by atoms with van der Waals surface area (Å²) in [6.45, 7) is 3.99. The highest BCUT2D eigenvalue weighted by atomic mass is 32.2. The molecule has 1 aliphatic rings. The molecule has 0 unspecified atom stereocenters. The van der Waals surface area contributed by atoms with Gasteiger partial charge >= 0.3 is 0 Å². The molecule has 224 valence electrons. The van der Waals surface area contributed by atoms with E-state index in [0.717, 1.165) is 52.9 Å². The van der Waals surface area contributed by atoms with Crippen LogP contribution in [-0.2, 0) is 32.8 Å². The summed E-state index contributed by atoms with van der Waals surface area (Å²) in [5, 5.41) is 3.13. The summed E-state index contributed by atoms with van der Waals surface area (Å²) in [4.78, 5) is 28.9. The van der Waals surface area contributed by atoms with Crippen LogP contribution in [0.1, 0.15) is 55.7 Å². The van der Waals surface area contributed by atoms with Crippen molar-refractivity contribution in [2.24, 2.45) is 0 Å². The summed E-state index contributed by atoms with van der Waals surface area (Å²) in [6, 6.07) is 23.5. The average Bonchev–Trinajstić information content (AvgIpc) is 3.48. The van der Waals surface area contributed by atoms with Gasteiger partial charge in [-0.15, -0.1) is 0 Å². The van der Waals surface area contributed by atoms with E-state index in [0.29, 0.717) is 24.5 Å². The maximum absolute atomic E-state index is 13.9. The van der Waals surface area contributed by atoms with Crippen LogP contribution in [0.2, 0.25) is 0 Å². The van der Waals surface area contributed by atoms with Crippen molar-refractivity contribution in [3.8, 4) is 5.75 Å². The molecule has 9 heteroatoms. The Kier molecular flexibility index (Phi) is 10.6. The minimum Gasteiger partial charge on any atom is -0.489 e. The highest BCUT2D eigenvalue weighted by Crippen LogP contribution is 2.24. The molecule has 0 aliphatic heterocycles. The number of carbonyl (C=O) groups excluding carboxylic acids is 2. The minimum atomic E-state index is -3.82. The zero-order valence-corrected chi connectivity index (χ0v) is 25.5. The van der Waals surface area contributed by atoms with Gasteiger partial charge in [0.1, 0.15) is 24.9 Å². The molecule has 0 saturated heterocycles. The Bertz CT molecular complexity index is 1440. The molecule has 1 atom stereocenters. The van der Waals surface area contributed by atoms with Crippen molar-refractivity contribution in [3.05, 3.63) is 95.6 Å². The summed E-state index contributed by atoms with van der Waals surface area (Å²) in [7, 11) is -3.82. The smallest absolute Gasteiger partial charge is 0.244 e. The molecule has 0 aromatic heterocycles. The van der Waals surface area contributed by atoms with E-state index in [9.17, 15) is 18.0 Å². The first kappa shape index (κ1) is 31.1. The van der Waals surface area contributed by atoms with E-state index in [4.69, 9.17) is 4.74 Å². The lowest BCUT2D eigenvalue weighted by molar-refractivity contribution is -0.140. The van der Waals surface area contributed by atoms with Gasteiger partial charge in [0.2, 0.25) is 21.8 Å². The Balaban J connectivity index is 1.55. The molecule has 0 radical (unpaired) electrons. The molecule has 1 N–H and O–H groups in total. The third-order valence-corrected chi connectivity index (χ3v) is 8.72. The molecule has 0 spiro atoms. The monoisotopic (exact) mass is 591 g/mol. The van der Waals surface area contributed by atoms with Gasteiger partial charge in [-0.3, -0.25) is 13.9 Å². The van der Waals surface area contributed by atoms with E-state index in [-0.39, 0.29) is 18.5 Å². The van der Waals surface area contributed by atoms with Crippen LogP contribution in [0.3, 0.4) is 0 Å². The maximum Gasteiger partial charge on any atom is 0.244 e. The molecule has 1 saturated carbocycles. The lowest BCUT2D eigenvalue weighted by Gasteiger charge is -2.33. The van der Waals surface area contributed by atoms with Crippen molar-refractivity contribution in [2.45, 2.75) is 71.2 Å². The van der Waals surface area contributed by atoms with E-state index < -0.39 is 28.5 Å². The predicted octanol–water partition coefficient (Wildman–Crippen LogP) is 5.21. The topological polar surface area (TPSA) is 96.0 Å². The van der Waals surface area contributed by atoms with Crippen LogP contribution in [0.4, 0.5) is 5.69 Å². The Morgan fingerprint density at radius 3 is 2.24 bits per heavy atom. The van der Waals surface area contributed by atoms with Crippen molar-refractivity contribution in [1.82, 2.24) is 10.2 Å². The number of benzene rings is 3. The molecule has 3 aromatic carbocycles. The SMILES string of the molecule is CC[C@@H](C(=O)NC1CCCC1)N(Cc1cccc(C)c1)C(=O)CN(c1ccc(OCc2ccccc2)cc1)S(C)(=O)=O. The zero-order valence-electron chi connectivity index (χ0n) is 24.7. The normalized spacial score (nSPS) is 14.3. The number of rotatable bonds is 13. The maximum atomic E-state index is 13.9. The minimum absolute atomic E-state index is 0.109. The van der Waals surface area contributed by atoms with Crippen LogP contribution in [0.5, 0.6) is 5.75 Å². The van der Waals surface area contributed by atoms with E-state index >= 15 is 0 Å². The van der Waals surface area contributed by atoms with Crippen LogP contribution >= 0.6 is 0 Å². The van der Waals surface area contributed by atoms with Gasteiger partial charge in [-0.1, -0.05) is 79.9 Å². The van der Waals surface area contributed by atoms with E-state index in [1.807, 2.05) is 68.4 Å². The first-order valence-electron chi connectivity index (χ1n) is 14.5. The molecular weight excluding hydrogens is 550 g/mol. The largest absolute Gasteiger partial charge is 0.489 e. The molecular formula is C33H41N3O5S. The molecule has 4 rings (SSSR count). The van der Waals surface area contributed by atoms with Gasteiger partial charge in [-0.05, 0) is 61.6 Å². The quantitative estimate of drug-likeness (QED) is 0.295. The number of ether oxygens (including phenoxy) is 1. The average molecular weight is 592 g/mol. The van der Waals surface area contributed by atoms with Gasteiger partial charge in [-0.25, -0.2) is 8.42 Å². The third kappa shape index (κ3) is 8.58. The summed E-state index contributed by atoms with van der Waals surface area (Å²) in [5.74, 6) is -0.0610. The van der Waals surface area contributed by atoms with E-state index in [1.165, 1.54) is 4.90 Å². The van der Waals surface area contributed by atoms with Crippen LogP contribution < -0.4 is 14.4 Å². The van der Waals surface area contributed by atoms with Gasteiger partial charge in [0.05, 0.1) is 11.9 Å². The molecule has 2 amide bonds. The standard InChI is InChI=1S/C33H41N3O5S/c1-4-31(33(38)34-28-15-8-9-16-28)35(22-27-14-10-11-25(2)21-27)32(37)23-36(42(3,39)40)29-17-19-30(20-18-29)41-24-26-12-6-5-7-13-26/h5-7,10-14,17-21,28,31H,4,8-9,15-16,22-24H2,1-3H3,(H,34,38)/t31-/m0/s1. The third-order valence-electron chi connectivity index (χ3n) is 7.58. The molecule has 1 aliphatic carbocycles. The van der Waals surface area contributed by atoms with Crippen LogP contribution in [0, 0.1) is 6.92 Å². The highest BCUT2D eigenvalue weighted by Gasteiger charge is 2.33. The Morgan fingerprint density at radius 1 is 0.952 bits per heavy atom. The summed E-state index contributed by atoms with van der Waals surface area (Å²) < 4.78 is 32.8. The van der Waals surface area contributed by atoms with Gasteiger partial charge in [0.25, 0.3) is 0 Å². The molecule has 1 fully saturated rings. The summed E-state index contributed by atoms with van der Waals surface area (Å²) in [6.07, 6.45) is 5.50. The Morgan fingerprint density at radius 2 is 1.62 bits per heavy atom. The highest BCUT2D eigenvalue weighted by molar-refractivity contribution is 7.92. The van der Waals surface area contributed by atoms with E-state index in [1.54, 1.807) is 24.3 Å². The fraction of sp³-hybridized carbons (Fsp3) is 0.394. The molecule has 3 aromatic rings. The molecule has 42 heavy (non-hydrogen) atoms. The van der Waals surface area contributed by atoms with Crippen molar-refractivity contribution < 1.29 is 22.7 Å². The van der Waals surface area contributed by atoms with Crippen LogP contribution in [0.25, 0.3) is 0 Å². The van der Waals surface area contributed by atoms with Gasteiger partial charge in [0, 0.05) is 12.6 Å². The van der Waals surface area contributed by atoms with Crippen LogP contribution in [0.15, 0.2) is 78.9 Å². The predicted molar refractivity (Wildman–Crippen MR) is 166 cm³/mol. The molecule has 8 nitrogen and oxygen atoms in total. The second kappa shape index (κ2) is 14.4. The first-order chi connectivity index (χ1) is 20.1. The lowest BCUT2D eigenvalue weighted by Crippen LogP contribution is -2.53. The number of anilines is 1. The number of sulfonamides is 1. The van der Waals surface area contributed by atoms with Crippen molar-refractivity contribution >= 4 is 27.5 Å². The van der Waals surface area contributed by atoms with Gasteiger partial charge < -0.3 is 15.0 Å². The number of amides is 2. The number of hydrogen-bond acceptors (Lipinski definition) is 5. The van der Waals surface area contributed by atoms with Crippen molar-refractivity contribution in [1.29, 1.82) is 0 Å². The Labute approximate surface area is 249 Å². The first-order valence-corrected chi connectivity index (χ1v) is 16.4. The number of aryl methyl sites for hydroxylation is 1. The summed E-state index contributed by atoms with van der Waals surface area (Å²) in [5.41, 5.74) is 3.27. The van der Waals surface area contributed by atoms with E-state index in [2.05, 4.69) is 5.32 Å². The molecule has 0 bridgehead atoms. The van der Waals surface area contributed by atoms with Crippen LogP contribution in [-0.4, -0.2) is 50.0 Å². The van der Waals surface area contributed by atoms with Crippen molar-refractivity contribution in [2.75, 3.05) is 17.1 Å². The second-order valence-corrected chi connectivity index (χ2v) is 12.9. The second-order valence-electron chi connectivity index (χ2n) is 11.0. The number of carbonyl (C=O) groups is 2. The molecule has 0 heterocycles.